The number of rotatable bonds is 5. The van der Waals surface area contributed by atoms with E-state index in [1.54, 1.807) is 23.4 Å². The minimum Gasteiger partial charge on any atom is -0.479 e. The molecule has 0 aromatic carbocycles. The number of anilines is 1. The van der Waals surface area contributed by atoms with Gasteiger partial charge in [-0.2, -0.15) is 0 Å². The highest BCUT2D eigenvalue weighted by Gasteiger charge is 2.35. The van der Waals surface area contributed by atoms with Crippen molar-refractivity contribution in [1.29, 1.82) is 0 Å². The van der Waals surface area contributed by atoms with Gasteiger partial charge in [-0.3, -0.25) is 4.79 Å². The van der Waals surface area contributed by atoms with E-state index in [9.17, 15) is 14.7 Å². The second-order valence-corrected chi connectivity index (χ2v) is 5.20. The van der Waals surface area contributed by atoms with Gasteiger partial charge >= 0.3 is 5.97 Å². The Kier molecular flexibility index (Phi) is 4.37. The van der Waals surface area contributed by atoms with Crippen LogP contribution in [0.15, 0.2) is 18.5 Å². The molecule has 1 aromatic rings. The molecule has 0 bridgehead atoms. The Morgan fingerprint density at radius 1 is 1.48 bits per heavy atom. The molecular weight excluding hydrogens is 276 g/mol. The van der Waals surface area contributed by atoms with Crippen LogP contribution in [0.25, 0.3) is 0 Å². The lowest BCUT2D eigenvalue weighted by atomic mass is 10.1. The van der Waals surface area contributed by atoms with Crippen LogP contribution in [0.1, 0.15) is 19.8 Å². The molecule has 1 aliphatic heterocycles. The Morgan fingerprint density at radius 2 is 2.14 bits per heavy atom. The minimum absolute atomic E-state index is 0.332. The van der Waals surface area contributed by atoms with Crippen molar-refractivity contribution >= 4 is 17.8 Å². The summed E-state index contributed by atoms with van der Waals surface area (Å²) in [5.41, 5.74) is -1.98. The first-order valence-corrected chi connectivity index (χ1v) is 6.69. The fraction of sp³-hybridized carbons (Fsp3) is 0.538. The van der Waals surface area contributed by atoms with Crippen LogP contribution in [0.5, 0.6) is 0 Å². The van der Waals surface area contributed by atoms with Gasteiger partial charge in [-0.05, 0) is 25.8 Å². The molecule has 1 aliphatic rings. The molecule has 8 nitrogen and oxygen atoms in total. The number of nitrogens with zero attached hydrogens (tertiary/aromatic N) is 3. The van der Waals surface area contributed by atoms with Gasteiger partial charge in [-0.25, -0.2) is 14.8 Å². The quantitative estimate of drug-likeness (QED) is 0.664. The van der Waals surface area contributed by atoms with Crippen molar-refractivity contribution in [2.75, 3.05) is 18.0 Å². The van der Waals surface area contributed by atoms with Crippen LogP contribution >= 0.6 is 0 Å². The number of hydrogen-bond donors (Lipinski definition) is 3. The molecule has 2 rings (SSSR count). The van der Waals surface area contributed by atoms with Crippen LogP contribution in [-0.4, -0.2) is 56.8 Å². The number of aliphatic hydroxyl groups is 1. The maximum absolute atomic E-state index is 12.2. The van der Waals surface area contributed by atoms with Crippen molar-refractivity contribution in [1.82, 2.24) is 15.3 Å². The van der Waals surface area contributed by atoms with Crippen LogP contribution in [0.2, 0.25) is 0 Å². The third-order valence-electron chi connectivity index (χ3n) is 3.43. The van der Waals surface area contributed by atoms with Crippen molar-refractivity contribution in [3.63, 3.8) is 0 Å². The smallest absolute Gasteiger partial charge is 0.337 e. The Labute approximate surface area is 121 Å². The molecule has 2 atom stereocenters. The lowest BCUT2D eigenvalue weighted by Crippen LogP contribution is -2.51. The number of hydrogen-bond acceptors (Lipinski definition) is 6. The molecule has 21 heavy (non-hydrogen) atoms. The van der Waals surface area contributed by atoms with Crippen LogP contribution in [-0.2, 0) is 9.59 Å². The number of amides is 1. The van der Waals surface area contributed by atoms with E-state index in [0.29, 0.717) is 18.9 Å². The second-order valence-electron chi connectivity index (χ2n) is 5.20. The highest BCUT2D eigenvalue weighted by Crippen LogP contribution is 2.21. The van der Waals surface area contributed by atoms with Gasteiger partial charge < -0.3 is 20.4 Å². The van der Waals surface area contributed by atoms with Crippen molar-refractivity contribution < 1.29 is 19.8 Å². The second kappa shape index (κ2) is 6.04. The Bertz CT molecular complexity index is 520. The van der Waals surface area contributed by atoms with Crippen LogP contribution in [0.3, 0.4) is 0 Å². The number of carbonyl (C=O) groups excluding carboxylic acids is 1. The first kappa shape index (κ1) is 15.2. The molecule has 0 aliphatic carbocycles. The zero-order valence-electron chi connectivity index (χ0n) is 11.7. The van der Waals surface area contributed by atoms with E-state index in [4.69, 9.17) is 5.11 Å². The molecule has 1 aromatic heterocycles. The van der Waals surface area contributed by atoms with E-state index in [-0.39, 0.29) is 12.5 Å². The first-order valence-electron chi connectivity index (χ1n) is 6.69. The van der Waals surface area contributed by atoms with E-state index in [0.717, 1.165) is 13.3 Å². The fourth-order valence-electron chi connectivity index (χ4n) is 2.17. The largest absolute Gasteiger partial charge is 0.479 e. The standard InChI is InChI=1S/C13H18N4O4/c1-13(21,11(19)20)8-16-10(18)9-4-2-7-17(9)12-14-5-3-6-15-12/h3,5-6,9,21H,2,4,7-8H2,1H3,(H,16,18)(H,19,20). The van der Waals surface area contributed by atoms with Crippen LogP contribution in [0, 0.1) is 0 Å². The van der Waals surface area contributed by atoms with Gasteiger partial charge in [0.1, 0.15) is 6.04 Å². The number of carbonyl (C=O) groups is 2. The van der Waals surface area contributed by atoms with Crippen molar-refractivity contribution in [2.24, 2.45) is 0 Å². The number of carboxylic acid groups (broad SMARTS) is 1. The topological polar surface area (TPSA) is 116 Å². The molecule has 2 heterocycles. The van der Waals surface area contributed by atoms with Crippen LogP contribution < -0.4 is 10.2 Å². The third-order valence-corrected chi connectivity index (χ3v) is 3.43. The Hall–Kier alpha value is -2.22. The summed E-state index contributed by atoms with van der Waals surface area (Å²) in [6.45, 7) is 1.46. The lowest BCUT2D eigenvalue weighted by molar-refractivity contribution is -0.156. The van der Waals surface area contributed by atoms with Crippen LogP contribution in [0.4, 0.5) is 5.95 Å². The predicted octanol–water partition coefficient (Wildman–Crippen LogP) is -0.603. The zero-order chi connectivity index (χ0) is 15.5. The number of aliphatic carboxylic acids is 1. The highest BCUT2D eigenvalue weighted by atomic mass is 16.4. The van der Waals surface area contributed by atoms with E-state index in [1.807, 2.05) is 0 Å². The monoisotopic (exact) mass is 294 g/mol. The molecular formula is C13H18N4O4. The van der Waals surface area contributed by atoms with Gasteiger partial charge in [0.2, 0.25) is 11.9 Å². The van der Waals surface area contributed by atoms with Gasteiger partial charge in [0.15, 0.2) is 5.60 Å². The van der Waals surface area contributed by atoms with E-state index in [1.165, 1.54) is 0 Å². The fourth-order valence-corrected chi connectivity index (χ4v) is 2.17. The first-order chi connectivity index (χ1) is 9.92. The molecule has 1 amide bonds. The number of carboxylic acids is 1. The van der Waals surface area contributed by atoms with E-state index >= 15 is 0 Å². The summed E-state index contributed by atoms with van der Waals surface area (Å²) in [5, 5.41) is 20.9. The summed E-state index contributed by atoms with van der Waals surface area (Å²) in [6.07, 6.45) is 4.67. The number of aromatic nitrogens is 2. The van der Waals surface area contributed by atoms with Crippen molar-refractivity contribution in [3.8, 4) is 0 Å². The van der Waals surface area contributed by atoms with Gasteiger partial charge in [0.25, 0.3) is 0 Å². The normalized spacial score (nSPS) is 20.9. The zero-order valence-corrected chi connectivity index (χ0v) is 11.7. The molecule has 3 N–H and O–H groups in total. The SMILES string of the molecule is CC(O)(CNC(=O)C1CCCN1c1ncccn1)C(=O)O. The molecule has 1 fully saturated rings. The molecule has 0 saturated carbocycles. The molecule has 1 saturated heterocycles. The highest BCUT2D eigenvalue weighted by molar-refractivity contribution is 5.86. The average Bonchev–Trinajstić information content (AvgIpc) is 2.95. The molecule has 114 valence electrons. The molecule has 0 spiro atoms. The van der Waals surface area contributed by atoms with E-state index in [2.05, 4.69) is 15.3 Å². The Morgan fingerprint density at radius 3 is 2.76 bits per heavy atom. The lowest BCUT2D eigenvalue weighted by Gasteiger charge is -2.25. The summed E-state index contributed by atoms with van der Waals surface area (Å²) >= 11 is 0. The predicted molar refractivity (Wildman–Crippen MR) is 73.7 cm³/mol. The van der Waals surface area contributed by atoms with Gasteiger partial charge in [-0.15, -0.1) is 0 Å². The summed E-state index contributed by atoms with van der Waals surface area (Å²) in [5.74, 6) is -1.24. The number of nitrogens with one attached hydrogen (secondary N) is 1. The Balaban J connectivity index is 2.00. The maximum Gasteiger partial charge on any atom is 0.337 e. The summed E-state index contributed by atoms with van der Waals surface area (Å²) in [6, 6.07) is 1.25. The summed E-state index contributed by atoms with van der Waals surface area (Å²) < 4.78 is 0. The summed E-state index contributed by atoms with van der Waals surface area (Å²) in [4.78, 5) is 33.0. The van der Waals surface area contributed by atoms with Gasteiger partial charge in [0.05, 0.1) is 6.54 Å². The molecule has 0 radical (unpaired) electrons. The van der Waals surface area contributed by atoms with Gasteiger partial charge in [0, 0.05) is 18.9 Å². The third kappa shape index (κ3) is 3.46. The minimum atomic E-state index is -1.98. The van der Waals surface area contributed by atoms with Gasteiger partial charge in [-0.1, -0.05) is 0 Å². The average molecular weight is 294 g/mol. The maximum atomic E-state index is 12.2. The molecule has 8 heteroatoms. The van der Waals surface area contributed by atoms with Crippen molar-refractivity contribution in [2.45, 2.75) is 31.4 Å². The van der Waals surface area contributed by atoms with Crippen molar-refractivity contribution in [3.05, 3.63) is 18.5 Å². The summed E-state index contributed by atoms with van der Waals surface area (Å²) in [7, 11) is 0. The van der Waals surface area contributed by atoms with E-state index < -0.39 is 17.6 Å². The molecule has 2 unspecified atom stereocenters.